The molecule has 0 spiro atoms. The van der Waals surface area contributed by atoms with Gasteiger partial charge in [0, 0.05) is 52.4 Å². The largest absolute Gasteiger partial charge is 0.463 e. The van der Waals surface area contributed by atoms with E-state index in [2.05, 4.69) is 192 Å². The van der Waals surface area contributed by atoms with E-state index in [1.807, 2.05) is 19.1 Å². The van der Waals surface area contributed by atoms with Crippen molar-refractivity contribution in [3.8, 4) is 11.1 Å². The first-order chi connectivity index (χ1) is 30.0. The predicted octanol–water partition coefficient (Wildman–Crippen LogP) is 14.5. The Balaban J connectivity index is 1.13. The number of para-hydroxylation sites is 2. The topological polar surface area (TPSA) is 59.1 Å². The fourth-order valence-electron chi connectivity index (χ4n) is 7.96. The Bertz CT molecular complexity index is 2290. The van der Waals surface area contributed by atoms with Crippen LogP contribution in [0.2, 0.25) is 0 Å². The maximum absolute atomic E-state index is 12.9. The van der Waals surface area contributed by atoms with Gasteiger partial charge in [0.1, 0.15) is 12.4 Å². The highest BCUT2D eigenvalue weighted by atomic mass is 31.0. The molecule has 6 aromatic rings. The molecule has 0 saturated heterocycles. The van der Waals surface area contributed by atoms with E-state index in [0.29, 0.717) is 31.7 Å². The third-order valence-electron chi connectivity index (χ3n) is 11.4. The molecule has 0 saturated carbocycles. The zero-order valence-corrected chi connectivity index (χ0v) is 38.3. The lowest BCUT2D eigenvalue weighted by Gasteiger charge is -2.26. The highest BCUT2D eigenvalue weighted by Crippen LogP contribution is 2.38. The van der Waals surface area contributed by atoms with Gasteiger partial charge in [0.2, 0.25) is 0 Å². The number of carbonyl (C=O) groups is 2. The summed E-state index contributed by atoms with van der Waals surface area (Å²) in [6, 6.07) is 55.3. The van der Waals surface area contributed by atoms with Crippen LogP contribution in [0, 0.1) is 5.41 Å². The van der Waals surface area contributed by atoms with Crippen LogP contribution >= 0.6 is 9.24 Å². The summed E-state index contributed by atoms with van der Waals surface area (Å²) in [6.45, 7) is 11.1. The minimum absolute atomic E-state index is 0.217. The van der Waals surface area contributed by atoms with E-state index in [9.17, 15) is 9.59 Å². The fraction of sp³-hybridized carbons (Fsp3) is 0.309. The summed E-state index contributed by atoms with van der Waals surface area (Å²) in [5.74, 6) is 0.117. The first-order valence-corrected chi connectivity index (χ1v) is 22.7. The van der Waals surface area contributed by atoms with Crippen LogP contribution in [0.5, 0.6) is 0 Å². The number of nitrogens with zero attached hydrogens (tertiary/aromatic N) is 2. The van der Waals surface area contributed by atoms with Gasteiger partial charge in [-0.1, -0.05) is 125 Å². The maximum Gasteiger partial charge on any atom is 0.306 e. The number of hydrogen-bond acceptors (Lipinski definition) is 6. The third-order valence-corrected chi connectivity index (χ3v) is 11.9. The standard InChI is InChI=1S/C55H63N2O4P/c1-6-38-54(3,4)52(58)36-22-42-18-28-48(29-19-42)56(46-14-10-8-11-15-46)50-32-24-44(25-33-50)45-26-34-51(35-27-45)57(47-16-12-9-13-17-47)49-30-20-43(21-31-49)23-37-53(59)60-40-41-61-55(5,62)39-7-2/h8-21,24-35H,6-7,22-23,36-41,62H2,1-5H3/t55-/m1/s1. The number of aryl methyl sites for hydroxylation is 2. The number of ether oxygens (including phenoxy) is 2. The lowest BCUT2D eigenvalue weighted by molar-refractivity contribution is -0.146. The van der Waals surface area contributed by atoms with Crippen molar-refractivity contribution in [2.24, 2.45) is 5.41 Å². The van der Waals surface area contributed by atoms with Gasteiger partial charge in [0.25, 0.3) is 0 Å². The van der Waals surface area contributed by atoms with Crippen LogP contribution in [-0.2, 0) is 31.9 Å². The Hall–Kier alpha value is -5.55. The van der Waals surface area contributed by atoms with E-state index in [1.54, 1.807) is 0 Å². The number of hydrogen-bond donors (Lipinski definition) is 0. The van der Waals surface area contributed by atoms with Crippen LogP contribution in [0.4, 0.5) is 34.1 Å². The zero-order chi connectivity index (χ0) is 44.0. The quantitative estimate of drug-likeness (QED) is 0.0385. The lowest BCUT2D eigenvalue weighted by atomic mass is 9.81. The first kappa shape index (κ1) is 46.0. The smallest absolute Gasteiger partial charge is 0.306 e. The molecular weight excluding hydrogens is 784 g/mol. The Morgan fingerprint density at radius 2 is 0.887 bits per heavy atom. The maximum atomic E-state index is 12.9. The van der Waals surface area contributed by atoms with E-state index in [-0.39, 0.29) is 23.3 Å². The number of ketones is 1. The fourth-order valence-corrected chi connectivity index (χ4v) is 8.36. The van der Waals surface area contributed by atoms with Crippen LogP contribution in [0.25, 0.3) is 11.1 Å². The van der Waals surface area contributed by atoms with Crippen LogP contribution in [-0.4, -0.2) is 30.3 Å². The molecule has 2 atom stereocenters. The average molecular weight is 847 g/mol. The highest BCUT2D eigenvalue weighted by molar-refractivity contribution is 7.18. The summed E-state index contributed by atoms with van der Waals surface area (Å²) in [7, 11) is 2.74. The summed E-state index contributed by atoms with van der Waals surface area (Å²) in [5.41, 5.74) is 10.6. The van der Waals surface area contributed by atoms with Gasteiger partial charge in [-0.2, -0.15) is 0 Å². The average Bonchev–Trinajstić information content (AvgIpc) is 3.28. The first-order valence-electron chi connectivity index (χ1n) is 22.2. The van der Waals surface area contributed by atoms with Crippen LogP contribution < -0.4 is 9.80 Å². The summed E-state index contributed by atoms with van der Waals surface area (Å²) >= 11 is 0. The molecule has 6 nitrogen and oxygen atoms in total. The van der Waals surface area contributed by atoms with Crippen molar-refractivity contribution in [2.75, 3.05) is 23.0 Å². The van der Waals surface area contributed by atoms with E-state index in [1.165, 1.54) is 5.56 Å². The molecule has 1 unspecified atom stereocenters. The normalized spacial score (nSPS) is 12.4. The Morgan fingerprint density at radius 3 is 1.31 bits per heavy atom. The zero-order valence-electron chi connectivity index (χ0n) is 37.2. The van der Waals surface area contributed by atoms with Crippen LogP contribution in [0.15, 0.2) is 158 Å². The van der Waals surface area contributed by atoms with Crippen molar-refractivity contribution >= 4 is 55.1 Å². The second-order valence-electron chi connectivity index (χ2n) is 17.0. The Kier molecular flexibility index (Phi) is 16.3. The molecule has 0 aromatic heterocycles. The predicted molar refractivity (Wildman–Crippen MR) is 262 cm³/mol. The van der Waals surface area contributed by atoms with Gasteiger partial charge in [-0.05, 0) is 128 Å². The number of esters is 1. The molecule has 0 aliphatic carbocycles. The number of rotatable bonds is 22. The lowest BCUT2D eigenvalue weighted by Crippen LogP contribution is -2.24. The summed E-state index contributed by atoms with van der Waals surface area (Å²) in [5, 5.41) is -0.288. The molecule has 0 fully saturated rings. The van der Waals surface area contributed by atoms with Crippen LogP contribution in [0.3, 0.4) is 0 Å². The van der Waals surface area contributed by atoms with Crippen molar-refractivity contribution < 1.29 is 19.1 Å². The number of Topliss-reactive ketones (excluding diaryl/α,β-unsaturated/α-hetero) is 1. The molecule has 0 heterocycles. The van der Waals surface area contributed by atoms with Crippen molar-refractivity contribution in [1.82, 2.24) is 0 Å². The van der Waals surface area contributed by atoms with E-state index >= 15 is 0 Å². The monoisotopic (exact) mass is 846 g/mol. The van der Waals surface area contributed by atoms with Gasteiger partial charge in [-0.15, -0.1) is 9.24 Å². The molecule has 0 aliphatic heterocycles. The van der Waals surface area contributed by atoms with Crippen molar-refractivity contribution in [3.05, 3.63) is 169 Å². The summed E-state index contributed by atoms with van der Waals surface area (Å²) in [6.07, 6.45) is 6.12. The SMILES string of the molecule is CCCC(C)(C)C(=O)CCc1ccc(N(c2ccccc2)c2ccc(-c3ccc(N(c4ccccc4)c4ccc(CCC(=O)OCCO[C@](C)(P)CCC)cc4)cc3)cc2)cc1. The molecule has 6 aromatic carbocycles. The minimum atomic E-state index is -0.288. The third kappa shape index (κ3) is 12.8. The van der Waals surface area contributed by atoms with Gasteiger partial charge in [0.15, 0.2) is 0 Å². The van der Waals surface area contributed by atoms with Crippen molar-refractivity contribution in [3.63, 3.8) is 0 Å². The second-order valence-corrected chi connectivity index (χ2v) is 18.2. The molecule has 0 bridgehead atoms. The Labute approximate surface area is 372 Å². The van der Waals surface area contributed by atoms with Gasteiger partial charge in [-0.25, -0.2) is 0 Å². The minimum Gasteiger partial charge on any atom is -0.463 e. The van der Waals surface area contributed by atoms with E-state index in [0.717, 1.165) is 82.9 Å². The van der Waals surface area contributed by atoms with Crippen LogP contribution in [0.1, 0.15) is 84.3 Å². The molecule has 62 heavy (non-hydrogen) atoms. The molecular formula is C55H63N2O4P. The molecule has 0 N–H and O–H groups in total. The molecule has 0 amide bonds. The highest BCUT2D eigenvalue weighted by Gasteiger charge is 2.26. The number of anilines is 6. The van der Waals surface area contributed by atoms with E-state index in [4.69, 9.17) is 9.47 Å². The molecule has 0 aliphatic rings. The summed E-state index contributed by atoms with van der Waals surface area (Å²) in [4.78, 5) is 29.9. The Morgan fingerprint density at radius 1 is 0.500 bits per heavy atom. The van der Waals surface area contributed by atoms with Gasteiger partial charge in [0.05, 0.1) is 11.9 Å². The van der Waals surface area contributed by atoms with Gasteiger partial charge in [-0.3, -0.25) is 9.59 Å². The van der Waals surface area contributed by atoms with E-state index < -0.39 is 0 Å². The summed E-state index contributed by atoms with van der Waals surface area (Å²) < 4.78 is 11.3. The molecule has 7 heteroatoms. The second kappa shape index (κ2) is 22.0. The van der Waals surface area contributed by atoms with Crippen molar-refractivity contribution in [1.29, 1.82) is 0 Å². The molecule has 0 radical (unpaired) electrons. The molecule has 322 valence electrons. The molecule has 6 rings (SSSR count). The van der Waals surface area contributed by atoms with Gasteiger partial charge >= 0.3 is 5.97 Å². The number of benzene rings is 6. The van der Waals surface area contributed by atoms with Crippen molar-refractivity contribution in [2.45, 2.75) is 91.3 Å². The van der Waals surface area contributed by atoms with Gasteiger partial charge < -0.3 is 19.3 Å². The number of carbonyl (C=O) groups excluding carboxylic acids is 2.